The summed E-state index contributed by atoms with van der Waals surface area (Å²) in [5.74, 6) is -1.93. The van der Waals surface area contributed by atoms with Crippen LogP contribution in [0.3, 0.4) is 0 Å². The first kappa shape index (κ1) is 17.9. The van der Waals surface area contributed by atoms with E-state index >= 15 is 0 Å². The predicted molar refractivity (Wildman–Crippen MR) is 86.2 cm³/mol. The lowest BCUT2D eigenvalue weighted by Gasteiger charge is -2.14. The highest BCUT2D eigenvalue weighted by atomic mass is 35.5. The van der Waals surface area contributed by atoms with Gasteiger partial charge in [0.2, 0.25) is 0 Å². The number of hydrogen-bond donors (Lipinski definition) is 1. The van der Waals surface area contributed by atoms with E-state index in [2.05, 4.69) is 0 Å². The van der Waals surface area contributed by atoms with E-state index < -0.39 is 34.2 Å². The topological polar surface area (TPSA) is 74.5 Å². The van der Waals surface area contributed by atoms with E-state index in [1.165, 1.54) is 25.3 Å². The molecule has 0 aliphatic carbocycles. The van der Waals surface area contributed by atoms with Crippen LogP contribution in [-0.4, -0.2) is 22.8 Å². The van der Waals surface area contributed by atoms with Gasteiger partial charge in [0, 0.05) is 11.1 Å². The summed E-state index contributed by atoms with van der Waals surface area (Å²) in [5.41, 5.74) is -1.36. The summed E-state index contributed by atoms with van der Waals surface area (Å²) in [6, 6.07) is 6.72. The summed E-state index contributed by atoms with van der Waals surface area (Å²) < 4.78 is 45.7. The fraction of sp³-hybridized carbons (Fsp3) is 0.118. The summed E-state index contributed by atoms with van der Waals surface area (Å²) >= 11 is 5.63. The second-order valence-electron chi connectivity index (χ2n) is 5.36. The number of fused-ring (bicyclic) bond motifs is 1. The van der Waals surface area contributed by atoms with Crippen molar-refractivity contribution >= 4 is 28.5 Å². The Morgan fingerprint density at radius 1 is 1.23 bits per heavy atom. The highest BCUT2D eigenvalue weighted by Gasteiger charge is 2.34. The van der Waals surface area contributed by atoms with Crippen molar-refractivity contribution in [3.8, 4) is 17.2 Å². The second-order valence-corrected chi connectivity index (χ2v) is 5.77. The Hall–Kier alpha value is -2.87. The van der Waals surface area contributed by atoms with Crippen LogP contribution in [0.15, 0.2) is 36.4 Å². The molecule has 9 heteroatoms. The van der Waals surface area contributed by atoms with Crippen LogP contribution in [0.4, 0.5) is 13.2 Å². The van der Waals surface area contributed by atoms with E-state index in [9.17, 15) is 28.2 Å². The van der Waals surface area contributed by atoms with Crippen LogP contribution in [0.5, 0.6) is 11.5 Å². The van der Waals surface area contributed by atoms with E-state index in [0.717, 1.165) is 22.8 Å². The minimum atomic E-state index is -4.72. The zero-order valence-corrected chi connectivity index (χ0v) is 13.9. The average molecular weight is 385 g/mol. The van der Waals surface area contributed by atoms with Gasteiger partial charge in [-0.15, -0.1) is 5.75 Å². The van der Waals surface area contributed by atoms with Crippen molar-refractivity contribution in [1.29, 1.82) is 0 Å². The number of hydrogen-bond acceptors (Lipinski definition) is 3. The number of aromatic carboxylic acids is 1. The van der Waals surface area contributed by atoms with Crippen LogP contribution in [-0.2, 0) is 6.18 Å². The Labute approximate surface area is 149 Å². The first-order chi connectivity index (χ1) is 12.1. The van der Waals surface area contributed by atoms with Crippen LogP contribution in [0.1, 0.15) is 16.1 Å². The van der Waals surface area contributed by atoms with Gasteiger partial charge >= 0.3 is 12.1 Å². The smallest absolute Gasteiger partial charge is 0.417 e. The molecule has 0 saturated heterocycles. The van der Waals surface area contributed by atoms with E-state index in [4.69, 9.17) is 16.3 Å². The fourth-order valence-corrected chi connectivity index (χ4v) is 3.00. The molecule has 0 amide bonds. The SMILES string of the molecule is COc1c(C(=O)O)n(-c2ccc(Cl)c(C(F)(F)F)c2)c2ccc([O-])cc12. The molecule has 3 aromatic rings. The molecule has 0 aliphatic heterocycles. The quantitative estimate of drug-likeness (QED) is 0.738. The van der Waals surface area contributed by atoms with Gasteiger partial charge in [0.1, 0.15) is 0 Å². The maximum Gasteiger partial charge on any atom is 0.417 e. The van der Waals surface area contributed by atoms with E-state index in [1.54, 1.807) is 0 Å². The standard InChI is InChI=1S/C17H11ClF3NO4/c1-26-15-10-7-9(23)3-5-13(10)22(14(15)16(24)25)8-2-4-12(18)11(6-8)17(19,20)21/h2-7,23H,1H3,(H,24,25)/p-1. The summed E-state index contributed by atoms with van der Waals surface area (Å²) in [4.78, 5) is 11.8. The number of alkyl halides is 3. The normalized spacial score (nSPS) is 11.7. The largest absolute Gasteiger partial charge is 0.872 e. The molecule has 0 bridgehead atoms. The Kier molecular flexibility index (Phi) is 4.23. The number of halogens is 4. The number of ether oxygens (including phenoxy) is 1. The molecule has 1 N–H and O–H groups in total. The number of aromatic nitrogens is 1. The zero-order valence-electron chi connectivity index (χ0n) is 13.1. The molecular weight excluding hydrogens is 375 g/mol. The Balaban J connectivity index is 2.42. The predicted octanol–water partition coefficient (Wildman–Crippen LogP) is 4.08. The van der Waals surface area contributed by atoms with Crippen molar-refractivity contribution in [3.05, 3.63) is 52.7 Å². The fourth-order valence-electron chi connectivity index (χ4n) is 2.78. The number of carboxylic acids is 1. The third-order valence-corrected chi connectivity index (χ3v) is 4.14. The minimum absolute atomic E-state index is 0.0777. The molecular formula is C17H10ClF3NO4-. The molecule has 0 radical (unpaired) electrons. The van der Waals surface area contributed by atoms with Crippen LogP contribution in [0.25, 0.3) is 16.6 Å². The third kappa shape index (κ3) is 2.82. The highest BCUT2D eigenvalue weighted by molar-refractivity contribution is 6.31. The Bertz CT molecular complexity index is 1030. The van der Waals surface area contributed by atoms with Crippen LogP contribution < -0.4 is 9.84 Å². The molecule has 0 fully saturated rings. The van der Waals surface area contributed by atoms with Crippen LogP contribution in [0, 0.1) is 0 Å². The molecule has 1 heterocycles. The molecule has 0 atom stereocenters. The van der Waals surface area contributed by atoms with Gasteiger partial charge in [-0.2, -0.15) is 13.2 Å². The van der Waals surface area contributed by atoms with E-state index in [-0.39, 0.29) is 22.3 Å². The number of carboxylic acid groups (broad SMARTS) is 1. The monoisotopic (exact) mass is 384 g/mol. The van der Waals surface area contributed by atoms with Crippen molar-refractivity contribution in [2.75, 3.05) is 7.11 Å². The van der Waals surface area contributed by atoms with Gasteiger partial charge in [0.25, 0.3) is 0 Å². The third-order valence-electron chi connectivity index (χ3n) is 3.81. The molecule has 3 rings (SSSR count). The lowest BCUT2D eigenvalue weighted by atomic mass is 10.2. The summed E-state index contributed by atoms with van der Waals surface area (Å²) in [6.07, 6.45) is -4.72. The van der Waals surface area contributed by atoms with Gasteiger partial charge in [0.15, 0.2) is 11.4 Å². The number of carbonyl (C=O) groups is 1. The number of methoxy groups -OCH3 is 1. The van der Waals surface area contributed by atoms with Gasteiger partial charge in [0.05, 0.1) is 23.2 Å². The van der Waals surface area contributed by atoms with Gasteiger partial charge in [-0.1, -0.05) is 23.7 Å². The van der Waals surface area contributed by atoms with Crippen molar-refractivity contribution < 1.29 is 32.9 Å². The molecule has 136 valence electrons. The van der Waals surface area contributed by atoms with Gasteiger partial charge < -0.3 is 19.5 Å². The molecule has 0 unspecified atom stereocenters. The summed E-state index contributed by atoms with van der Waals surface area (Å²) in [5, 5.41) is 20.9. The van der Waals surface area contributed by atoms with E-state index in [1.807, 2.05) is 0 Å². The van der Waals surface area contributed by atoms with Gasteiger partial charge in [-0.05, 0) is 24.3 Å². The Morgan fingerprint density at radius 3 is 2.50 bits per heavy atom. The maximum absolute atomic E-state index is 13.2. The summed E-state index contributed by atoms with van der Waals surface area (Å²) in [7, 11) is 1.21. The molecule has 0 spiro atoms. The second kappa shape index (κ2) is 6.14. The van der Waals surface area contributed by atoms with Crippen molar-refractivity contribution in [2.45, 2.75) is 6.18 Å². The van der Waals surface area contributed by atoms with Crippen molar-refractivity contribution in [3.63, 3.8) is 0 Å². The van der Waals surface area contributed by atoms with Crippen LogP contribution >= 0.6 is 11.6 Å². The van der Waals surface area contributed by atoms with E-state index in [0.29, 0.717) is 0 Å². The number of nitrogens with zero attached hydrogens (tertiary/aromatic N) is 1. The Morgan fingerprint density at radius 2 is 1.92 bits per heavy atom. The number of benzene rings is 2. The molecule has 26 heavy (non-hydrogen) atoms. The average Bonchev–Trinajstić information content (AvgIpc) is 2.87. The lowest BCUT2D eigenvalue weighted by Crippen LogP contribution is -2.11. The minimum Gasteiger partial charge on any atom is -0.872 e. The van der Waals surface area contributed by atoms with Crippen molar-refractivity contribution in [2.24, 2.45) is 0 Å². The molecule has 0 saturated carbocycles. The maximum atomic E-state index is 13.2. The first-order valence-electron chi connectivity index (χ1n) is 7.15. The zero-order chi connectivity index (χ0) is 19.2. The summed E-state index contributed by atoms with van der Waals surface area (Å²) in [6.45, 7) is 0. The molecule has 2 aromatic carbocycles. The first-order valence-corrected chi connectivity index (χ1v) is 7.53. The van der Waals surface area contributed by atoms with Crippen LogP contribution in [0.2, 0.25) is 5.02 Å². The molecule has 1 aromatic heterocycles. The van der Waals surface area contributed by atoms with Gasteiger partial charge in [-0.25, -0.2) is 4.79 Å². The highest BCUT2D eigenvalue weighted by Crippen LogP contribution is 2.40. The van der Waals surface area contributed by atoms with Gasteiger partial charge in [-0.3, -0.25) is 0 Å². The van der Waals surface area contributed by atoms with Crippen molar-refractivity contribution in [1.82, 2.24) is 4.57 Å². The molecule has 5 nitrogen and oxygen atoms in total. The molecule has 0 aliphatic rings. The number of rotatable bonds is 3. The lowest BCUT2D eigenvalue weighted by molar-refractivity contribution is -0.268.